The van der Waals surface area contributed by atoms with Crippen LogP contribution in [0, 0.1) is 0 Å². The molecule has 0 radical (unpaired) electrons. The summed E-state index contributed by atoms with van der Waals surface area (Å²) in [5, 5.41) is 6.07. The van der Waals surface area contributed by atoms with E-state index in [1.165, 1.54) is 13.8 Å². The van der Waals surface area contributed by atoms with E-state index in [2.05, 4.69) is 10.5 Å². The number of amides is 1. The fourth-order valence-electron chi connectivity index (χ4n) is 2.87. The summed E-state index contributed by atoms with van der Waals surface area (Å²) in [6.45, 7) is 8.87. The molecule has 0 spiro atoms. The van der Waals surface area contributed by atoms with Crippen LogP contribution in [-0.2, 0) is 20.0 Å². The predicted octanol–water partition coefficient (Wildman–Crippen LogP) is 3.44. The van der Waals surface area contributed by atoms with Gasteiger partial charge in [-0.3, -0.25) is 10.1 Å². The van der Waals surface area contributed by atoms with Gasteiger partial charge in [0.2, 0.25) is 11.8 Å². The van der Waals surface area contributed by atoms with Gasteiger partial charge in [0, 0.05) is 11.5 Å². The Hall–Kier alpha value is -1.37. The normalized spacial score (nSPS) is 17.7. The topological polar surface area (TPSA) is 89.3 Å². The molecule has 0 saturated heterocycles. The van der Waals surface area contributed by atoms with Crippen LogP contribution < -0.4 is 5.32 Å². The average Bonchev–Trinajstić information content (AvgIpc) is 2.96. The number of aromatic nitrogens is 1. The maximum Gasteiger partial charge on any atom is 0.247 e. The highest BCUT2D eigenvalue weighted by atomic mass is 32.2. The predicted molar refractivity (Wildman–Crippen MR) is 93.7 cm³/mol. The molecule has 0 aromatic carbocycles. The summed E-state index contributed by atoms with van der Waals surface area (Å²) >= 11 is 0. The van der Waals surface area contributed by atoms with Gasteiger partial charge < -0.3 is 4.52 Å². The summed E-state index contributed by atoms with van der Waals surface area (Å²) in [5.41, 5.74) is 0.488. The zero-order valence-corrected chi connectivity index (χ0v) is 16.0. The smallest absolute Gasteiger partial charge is 0.247 e. The Bertz CT molecular complexity index is 692. The standard InChI is InChI=1S/C17H28N2O4S/c1-16(2,3)13-11-14(23-19-13)18-15(20)17(4,5)24(21,22)12-9-7-6-8-10-12/h11-12H,6-10H2,1-5H3,(H,18,20). The van der Waals surface area contributed by atoms with Gasteiger partial charge in [0.25, 0.3) is 0 Å². The molecular formula is C17H28N2O4S. The van der Waals surface area contributed by atoms with Crippen LogP contribution in [0.15, 0.2) is 10.6 Å². The lowest BCUT2D eigenvalue weighted by molar-refractivity contribution is -0.118. The largest absolute Gasteiger partial charge is 0.338 e. The molecule has 0 aliphatic heterocycles. The number of sulfone groups is 1. The van der Waals surface area contributed by atoms with Crippen molar-refractivity contribution in [3.8, 4) is 0 Å². The van der Waals surface area contributed by atoms with E-state index in [1.807, 2.05) is 20.8 Å². The third-order valence-corrected chi connectivity index (χ3v) is 7.72. The minimum absolute atomic E-state index is 0.178. The van der Waals surface area contributed by atoms with Crippen LogP contribution in [0.4, 0.5) is 5.88 Å². The van der Waals surface area contributed by atoms with Crippen molar-refractivity contribution in [2.75, 3.05) is 5.32 Å². The van der Waals surface area contributed by atoms with Gasteiger partial charge >= 0.3 is 0 Å². The number of nitrogens with one attached hydrogen (secondary N) is 1. The van der Waals surface area contributed by atoms with Crippen molar-refractivity contribution in [3.05, 3.63) is 11.8 Å². The van der Waals surface area contributed by atoms with Crippen LogP contribution in [0.2, 0.25) is 0 Å². The first-order chi connectivity index (χ1) is 11.0. The quantitative estimate of drug-likeness (QED) is 0.892. The summed E-state index contributed by atoms with van der Waals surface area (Å²) in [7, 11) is -3.58. The molecule has 1 aromatic rings. The third-order valence-electron chi connectivity index (χ3n) is 4.76. The molecule has 0 bridgehead atoms. The fourth-order valence-corrected chi connectivity index (χ4v) is 4.97. The molecule has 1 N–H and O–H groups in total. The molecule has 24 heavy (non-hydrogen) atoms. The molecule has 7 heteroatoms. The first kappa shape index (κ1) is 19.0. The SMILES string of the molecule is CC(C)(C)c1cc(NC(=O)C(C)(C)S(=O)(=O)C2CCCCC2)on1. The van der Waals surface area contributed by atoms with Crippen LogP contribution in [-0.4, -0.2) is 29.5 Å². The molecule has 1 heterocycles. The second-order valence-electron chi connectivity index (χ2n) is 8.10. The van der Waals surface area contributed by atoms with Crippen molar-refractivity contribution < 1.29 is 17.7 Å². The monoisotopic (exact) mass is 356 g/mol. The zero-order valence-electron chi connectivity index (χ0n) is 15.2. The van der Waals surface area contributed by atoms with Gasteiger partial charge in [-0.15, -0.1) is 0 Å². The second-order valence-corrected chi connectivity index (χ2v) is 10.9. The first-order valence-electron chi connectivity index (χ1n) is 8.48. The summed E-state index contributed by atoms with van der Waals surface area (Å²) in [6, 6.07) is 1.64. The van der Waals surface area contributed by atoms with Gasteiger partial charge in [-0.1, -0.05) is 45.2 Å². The molecule has 1 saturated carbocycles. The van der Waals surface area contributed by atoms with Crippen molar-refractivity contribution >= 4 is 21.6 Å². The van der Waals surface area contributed by atoms with E-state index < -0.39 is 25.7 Å². The summed E-state index contributed by atoms with van der Waals surface area (Å²) in [4.78, 5) is 12.6. The summed E-state index contributed by atoms with van der Waals surface area (Å²) in [6.07, 6.45) is 4.13. The van der Waals surface area contributed by atoms with E-state index in [-0.39, 0.29) is 11.3 Å². The summed E-state index contributed by atoms with van der Waals surface area (Å²) in [5.74, 6) is -0.401. The van der Waals surface area contributed by atoms with Gasteiger partial charge in [0.15, 0.2) is 9.84 Å². The van der Waals surface area contributed by atoms with E-state index in [4.69, 9.17) is 4.52 Å². The minimum atomic E-state index is -3.58. The summed E-state index contributed by atoms with van der Waals surface area (Å²) < 4.78 is 29.4. The van der Waals surface area contributed by atoms with Gasteiger partial charge in [0.1, 0.15) is 4.75 Å². The van der Waals surface area contributed by atoms with Crippen molar-refractivity contribution in [2.45, 2.75) is 82.1 Å². The van der Waals surface area contributed by atoms with Gasteiger partial charge in [-0.05, 0) is 26.7 Å². The number of rotatable bonds is 4. The van der Waals surface area contributed by atoms with Crippen LogP contribution in [0.3, 0.4) is 0 Å². The van der Waals surface area contributed by atoms with E-state index in [0.29, 0.717) is 18.5 Å². The first-order valence-corrected chi connectivity index (χ1v) is 10.0. The number of anilines is 1. The minimum Gasteiger partial charge on any atom is -0.338 e. The van der Waals surface area contributed by atoms with E-state index in [9.17, 15) is 13.2 Å². The van der Waals surface area contributed by atoms with Crippen molar-refractivity contribution in [1.82, 2.24) is 5.16 Å². The molecular weight excluding hydrogens is 328 g/mol. The molecule has 1 fully saturated rings. The maximum atomic E-state index is 12.9. The van der Waals surface area contributed by atoms with Crippen molar-refractivity contribution in [1.29, 1.82) is 0 Å². The molecule has 1 aliphatic carbocycles. The van der Waals surface area contributed by atoms with Gasteiger partial charge in [-0.25, -0.2) is 8.42 Å². The fraction of sp³-hybridized carbons (Fsp3) is 0.765. The molecule has 2 rings (SSSR count). The number of carbonyl (C=O) groups excluding carboxylic acids is 1. The Balaban J connectivity index is 2.16. The average molecular weight is 356 g/mol. The Kier molecular flexibility index (Phi) is 5.14. The van der Waals surface area contributed by atoms with E-state index in [0.717, 1.165) is 19.3 Å². The van der Waals surface area contributed by atoms with E-state index in [1.54, 1.807) is 6.07 Å². The molecule has 1 amide bonds. The number of hydrogen-bond donors (Lipinski definition) is 1. The molecule has 1 aromatic heterocycles. The maximum absolute atomic E-state index is 12.9. The van der Waals surface area contributed by atoms with Crippen LogP contribution in [0.5, 0.6) is 0 Å². The van der Waals surface area contributed by atoms with E-state index >= 15 is 0 Å². The molecule has 1 aliphatic rings. The Morgan fingerprint density at radius 1 is 1.17 bits per heavy atom. The molecule has 136 valence electrons. The molecule has 0 atom stereocenters. The number of carbonyl (C=O) groups is 1. The zero-order chi connectivity index (χ0) is 18.2. The highest BCUT2D eigenvalue weighted by Crippen LogP contribution is 2.32. The number of nitrogens with zero attached hydrogens (tertiary/aromatic N) is 1. The van der Waals surface area contributed by atoms with Crippen LogP contribution >= 0.6 is 0 Å². The highest BCUT2D eigenvalue weighted by molar-refractivity contribution is 7.94. The Labute approximate surface area is 144 Å². The van der Waals surface area contributed by atoms with Crippen LogP contribution in [0.25, 0.3) is 0 Å². The lowest BCUT2D eigenvalue weighted by Gasteiger charge is -2.30. The Morgan fingerprint density at radius 2 is 1.75 bits per heavy atom. The van der Waals surface area contributed by atoms with Gasteiger partial charge in [-0.2, -0.15) is 0 Å². The second kappa shape index (κ2) is 6.50. The lowest BCUT2D eigenvalue weighted by Crippen LogP contribution is -2.49. The van der Waals surface area contributed by atoms with Crippen molar-refractivity contribution in [3.63, 3.8) is 0 Å². The Morgan fingerprint density at radius 3 is 2.25 bits per heavy atom. The molecule has 6 nitrogen and oxygen atoms in total. The third kappa shape index (κ3) is 3.66. The van der Waals surface area contributed by atoms with Crippen molar-refractivity contribution in [2.24, 2.45) is 0 Å². The van der Waals surface area contributed by atoms with Gasteiger partial charge in [0.05, 0.1) is 10.9 Å². The highest BCUT2D eigenvalue weighted by Gasteiger charge is 2.46. The van der Waals surface area contributed by atoms with Crippen LogP contribution in [0.1, 0.15) is 72.4 Å². The molecule has 0 unspecified atom stereocenters. The number of hydrogen-bond acceptors (Lipinski definition) is 5. The lowest BCUT2D eigenvalue weighted by atomic mass is 9.92.